The second kappa shape index (κ2) is 9.98. The monoisotopic (exact) mass is 423 g/mol. The third-order valence-electron chi connectivity index (χ3n) is 4.73. The van der Waals surface area contributed by atoms with Gasteiger partial charge in [0.15, 0.2) is 0 Å². The van der Waals surface area contributed by atoms with Crippen molar-refractivity contribution in [2.24, 2.45) is 5.92 Å². The lowest BCUT2D eigenvalue weighted by Crippen LogP contribution is -2.49. The summed E-state index contributed by atoms with van der Waals surface area (Å²) in [4.78, 5) is 25.4. The van der Waals surface area contributed by atoms with Gasteiger partial charge in [0.1, 0.15) is 11.0 Å². The molecule has 0 aliphatic carbocycles. The second-order valence-electron chi connectivity index (χ2n) is 7.10. The summed E-state index contributed by atoms with van der Waals surface area (Å²) in [7, 11) is 0. The van der Waals surface area contributed by atoms with Crippen molar-refractivity contribution in [3.63, 3.8) is 0 Å². The van der Waals surface area contributed by atoms with Crippen molar-refractivity contribution in [1.82, 2.24) is 15.5 Å². The third kappa shape index (κ3) is 5.64. The van der Waals surface area contributed by atoms with E-state index in [4.69, 9.17) is 0 Å². The molecule has 3 N–H and O–H groups in total. The third-order valence-corrected chi connectivity index (χ3v) is 5.62. The zero-order valence-corrected chi connectivity index (χ0v) is 18.0. The van der Waals surface area contributed by atoms with Crippen molar-refractivity contribution < 1.29 is 9.59 Å². The van der Waals surface area contributed by atoms with E-state index in [-0.39, 0.29) is 11.8 Å². The van der Waals surface area contributed by atoms with E-state index >= 15 is 0 Å². The molecule has 1 aromatic heterocycles. The van der Waals surface area contributed by atoms with Crippen molar-refractivity contribution in [3.05, 3.63) is 60.2 Å². The summed E-state index contributed by atoms with van der Waals surface area (Å²) in [5.41, 5.74) is 2.64. The van der Waals surface area contributed by atoms with Crippen molar-refractivity contribution in [2.75, 3.05) is 10.6 Å². The molecule has 1 heterocycles. The van der Waals surface area contributed by atoms with Gasteiger partial charge in [0.05, 0.1) is 0 Å². The van der Waals surface area contributed by atoms with Crippen LogP contribution in [0.3, 0.4) is 0 Å². The maximum absolute atomic E-state index is 12.9. The van der Waals surface area contributed by atoms with Gasteiger partial charge in [-0.25, -0.2) is 4.79 Å². The lowest BCUT2D eigenvalue weighted by molar-refractivity contribution is -0.119. The van der Waals surface area contributed by atoms with E-state index in [0.717, 1.165) is 22.6 Å². The first-order valence-electron chi connectivity index (χ1n) is 9.80. The smallest absolute Gasteiger partial charge is 0.319 e. The number of amides is 3. The van der Waals surface area contributed by atoms with Crippen LogP contribution in [0.2, 0.25) is 0 Å². The van der Waals surface area contributed by atoms with Gasteiger partial charge in [-0.05, 0) is 30.5 Å². The van der Waals surface area contributed by atoms with Crippen LogP contribution in [-0.4, -0.2) is 28.2 Å². The lowest BCUT2D eigenvalue weighted by atomic mass is 9.98. The van der Waals surface area contributed by atoms with Gasteiger partial charge in [-0.2, -0.15) is 0 Å². The Balaban J connectivity index is 1.67. The highest BCUT2D eigenvalue weighted by Crippen LogP contribution is 2.26. The van der Waals surface area contributed by atoms with Crippen molar-refractivity contribution in [1.29, 1.82) is 0 Å². The molecule has 0 bridgehead atoms. The fourth-order valence-corrected chi connectivity index (χ4v) is 3.64. The molecule has 0 aliphatic heterocycles. The summed E-state index contributed by atoms with van der Waals surface area (Å²) in [6, 6.07) is 16.0. The molecular formula is C22H25N5O2S. The fraction of sp³-hybridized carbons (Fsp3) is 0.273. The number of hydrogen-bond acceptors (Lipinski definition) is 5. The average Bonchev–Trinajstić information content (AvgIpc) is 3.20. The number of anilines is 2. The lowest BCUT2D eigenvalue weighted by Gasteiger charge is -2.23. The molecule has 0 saturated heterocycles. The van der Waals surface area contributed by atoms with Gasteiger partial charge in [-0.15, -0.1) is 10.2 Å². The Labute approximate surface area is 179 Å². The number of aryl methyl sites for hydroxylation is 1. The largest absolute Gasteiger partial charge is 0.326 e. The summed E-state index contributed by atoms with van der Waals surface area (Å²) in [5, 5.41) is 17.7. The number of nitrogens with one attached hydrogen (secondary N) is 3. The van der Waals surface area contributed by atoms with E-state index in [9.17, 15) is 9.59 Å². The number of urea groups is 1. The maximum Gasteiger partial charge on any atom is 0.319 e. The Kier molecular flexibility index (Phi) is 7.13. The number of rotatable bonds is 7. The number of nitrogens with zero attached hydrogens (tertiary/aromatic N) is 2. The molecule has 8 heteroatoms. The second-order valence-corrected chi connectivity index (χ2v) is 8.08. The summed E-state index contributed by atoms with van der Waals surface area (Å²) >= 11 is 1.29. The Morgan fingerprint density at radius 2 is 1.80 bits per heavy atom. The number of hydrogen-bond donors (Lipinski definition) is 3. The molecule has 7 nitrogen and oxygen atoms in total. The maximum atomic E-state index is 12.9. The molecule has 2 aromatic carbocycles. The SMILES string of the molecule is CCC(C)C(NC(=O)Nc1cccc(C)c1)C(=O)Nc1nnc(-c2ccccc2)s1. The Morgan fingerprint density at radius 3 is 2.50 bits per heavy atom. The molecule has 0 radical (unpaired) electrons. The van der Waals surface area contributed by atoms with E-state index in [0.29, 0.717) is 10.8 Å². The van der Waals surface area contributed by atoms with Crippen LogP contribution in [0.1, 0.15) is 25.8 Å². The molecule has 3 rings (SSSR count). The number of aromatic nitrogens is 2. The van der Waals surface area contributed by atoms with Crippen molar-refractivity contribution >= 4 is 34.1 Å². The standard InChI is InChI=1S/C22H25N5O2S/c1-4-15(3)18(24-21(29)23-17-12-8-9-14(2)13-17)19(28)25-22-27-26-20(30-22)16-10-6-5-7-11-16/h5-13,15,18H,4H2,1-3H3,(H2,23,24,29)(H,25,27,28). The van der Waals surface area contributed by atoms with Gasteiger partial charge in [0.2, 0.25) is 11.0 Å². The normalized spacial score (nSPS) is 12.6. The molecule has 3 amide bonds. The van der Waals surface area contributed by atoms with Crippen LogP contribution in [0.4, 0.5) is 15.6 Å². The molecule has 156 valence electrons. The number of carbonyl (C=O) groups is 2. The van der Waals surface area contributed by atoms with Crippen molar-refractivity contribution in [3.8, 4) is 10.6 Å². The molecule has 0 saturated carbocycles. The van der Waals surface area contributed by atoms with E-state index in [1.807, 2.05) is 69.3 Å². The van der Waals surface area contributed by atoms with Crippen LogP contribution in [0, 0.1) is 12.8 Å². The Bertz CT molecular complexity index is 1010. The zero-order valence-electron chi connectivity index (χ0n) is 17.2. The Morgan fingerprint density at radius 1 is 1.03 bits per heavy atom. The molecule has 0 aliphatic rings. The molecule has 0 fully saturated rings. The van der Waals surface area contributed by atoms with Crippen LogP contribution >= 0.6 is 11.3 Å². The highest BCUT2D eigenvalue weighted by Gasteiger charge is 2.27. The zero-order chi connectivity index (χ0) is 21.5. The van der Waals surface area contributed by atoms with Gasteiger partial charge < -0.3 is 10.6 Å². The minimum absolute atomic E-state index is 0.0604. The predicted molar refractivity (Wildman–Crippen MR) is 121 cm³/mol. The van der Waals surface area contributed by atoms with Gasteiger partial charge in [-0.1, -0.05) is 74.1 Å². The first-order valence-corrected chi connectivity index (χ1v) is 10.6. The van der Waals surface area contributed by atoms with Gasteiger partial charge in [-0.3, -0.25) is 10.1 Å². The topological polar surface area (TPSA) is 96.0 Å². The molecular weight excluding hydrogens is 398 g/mol. The Hall–Kier alpha value is -3.26. The van der Waals surface area contributed by atoms with E-state index in [2.05, 4.69) is 26.1 Å². The molecule has 30 heavy (non-hydrogen) atoms. The van der Waals surface area contributed by atoms with Crippen molar-refractivity contribution in [2.45, 2.75) is 33.2 Å². The van der Waals surface area contributed by atoms with Gasteiger partial charge >= 0.3 is 6.03 Å². The molecule has 0 spiro atoms. The van der Waals surface area contributed by atoms with Crippen LogP contribution < -0.4 is 16.0 Å². The highest BCUT2D eigenvalue weighted by atomic mass is 32.1. The first-order chi connectivity index (χ1) is 14.5. The average molecular weight is 424 g/mol. The first kappa shape index (κ1) is 21.4. The number of benzene rings is 2. The molecule has 2 unspecified atom stereocenters. The van der Waals surface area contributed by atoms with Crippen LogP contribution in [0.15, 0.2) is 54.6 Å². The summed E-state index contributed by atoms with van der Waals surface area (Å²) < 4.78 is 0. The summed E-state index contributed by atoms with van der Waals surface area (Å²) in [5.74, 6) is -0.380. The molecule has 3 aromatic rings. The predicted octanol–water partition coefficient (Wildman–Crippen LogP) is 4.69. The quantitative estimate of drug-likeness (QED) is 0.514. The summed E-state index contributed by atoms with van der Waals surface area (Å²) in [6.07, 6.45) is 0.730. The van der Waals surface area contributed by atoms with Crippen LogP contribution in [-0.2, 0) is 4.79 Å². The highest BCUT2D eigenvalue weighted by molar-refractivity contribution is 7.18. The van der Waals surface area contributed by atoms with E-state index in [1.165, 1.54) is 11.3 Å². The minimum atomic E-state index is -0.705. The van der Waals surface area contributed by atoms with E-state index in [1.54, 1.807) is 6.07 Å². The minimum Gasteiger partial charge on any atom is -0.326 e. The fourth-order valence-electron chi connectivity index (χ4n) is 2.89. The van der Waals surface area contributed by atoms with Crippen LogP contribution in [0.5, 0.6) is 0 Å². The van der Waals surface area contributed by atoms with Crippen LogP contribution in [0.25, 0.3) is 10.6 Å². The number of carbonyl (C=O) groups excluding carboxylic acids is 2. The van der Waals surface area contributed by atoms with Gasteiger partial charge in [0.25, 0.3) is 0 Å². The summed E-state index contributed by atoms with van der Waals surface area (Å²) in [6.45, 7) is 5.85. The van der Waals surface area contributed by atoms with Gasteiger partial charge in [0, 0.05) is 11.3 Å². The van der Waals surface area contributed by atoms with E-state index < -0.39 is 12.1 Å². The molecule has 2 atom stereocenters.